The Bertz CT molecular complexity index is 581. The summed E-state index contributed by atoms with van der Waals surface area (Å²) < 4.78 is 5.69. The van der Waals surface area contributed by atoms with Crippen molar-refractivity contribution >= 4 is 11.9 Å². The van der Waals surface area contributed by atoms with Crippen LogP contribution in [0.2, 0.25) is 0 Å². The number of nitrogens with one attached hydrogen (secondary N) is 2. The van der Waals surface area contributed by atoms with Gasteiger partial charge in [0.1, 0.15) is 5.75 Å². The number of hydrogen-bond acceptors (Lipinski definition) is 3. The SMILES string of the molecule is CN=C(NCCCOc1ccccc1)NCC1(C(=O)N(C)C)CCCC1. The Balaban J connectivity index is 1.72. The van der Waals surface area contributed by atoms with E-state index in [1.807, 2.05) is 44.4 Å². The molecule has 144 valence electrons. The quantitative estimate of drug-likeness (QED) is 0.424. The molecule has 0 aliphatic heterocycles. The Morgan fingerprint density at radius 2 is 1.88 bits per heavy atom. The second kappa shape index (κ2) is 10.0. The minimum atomic E-state index is -0.294. The van der Waals surface area contributed by atoms with Crippen molar-refractivity contribution in [1.82, 2.24) is 15.5 Å². The van der Waals surface area contributed by atoms with Gasteiger partial charge >= 0.3 is 0 Å². The number of benzene rings is 1. The Morgan fingerprint density at radius 1 is 1.19 bits per heavy atom. The van der Waals surface area contributed by atoms with Crippen molar-refractivity contribution in [1.29, 1.82) is 0 Å². The van der Waals surface area contributed by atoms with E-state index >= 15 is 0 Å². The van der Waals surface area contributed by atoms with Crippen molar-refractivity contribution in [3.63, 3.8) is 0 Å². The zero-order valence-electron chi connectivity index (χ0n) is 16.3. The Labute approximate surface area is 157 Å². The molecule has 0 unspecified atom stereocenters. The summed E-state index contributed by atoms with van der Waals surface area (Å²) in [6, 6.07) is 9.82. The predicted molar refractivity (Wildman–Crippen MR) is 106 cm³/mol. The minimum absolute atomic E-state index is 0.217. The Kier molecular flexibility index (Phi) is 7.75. The smallest absolute Gasteiger partial charge is 0.230 e. The molecule has 0 saturated heterocycles. The number of guanidine groups is 1. The van der Waals surface area contributed by atoms with Crippen LogP contribution < -0.4 is 15.4 Å². The number of rotatable bonds is 8. The topological polar surface area (TPSA) is 66.0 Å². The average molecular weight is 361 g/mol. The molecule has 1 aromatic carbocycles. The van der Waals surface area contributed by atoms with Crippen LogP contribution in [-0.2, 0) is 4.79 Å². The molecule has 0 heterocycles. The van der Waals surface area contributed by atoms with E-state index < -0.39 is 0 Å². The number of para-hydroxylation sites is 1. The lowest BCUT2D eigenvalue weighted by Gasteiger charge is -2.31. The van der Waals surface area contributed by atoms with Crippen LogP contribution in [0, 0.1) is 5.41 Å². The van der Waals surface area contributed by atoms with Gasteiger partial charge in [-0.05, 0) is 31.4 Å². The summed E-state index contributed by atoms with van der Waals surface area (Å²) in [5.41, 5.74) is -0.294. The molecule has 1 aromatic rings. The van der Waals surface area contributed by atoms with E-state index in [-0.39, 0.29) is 11.3 Å². The molecular formula is C20H32N4O2. The normalized spacial score (nSPS) is 16.2. The molecule has 6 heteroatoms. The second-order valence-corrected chi connectivity index (χ2v) is 7.05. The summed E-state index contributed by atoms with van der Waals surface area (Å²) in [6.45, 7) is 2.04. The fraction of sp³-hybridized carbons (Fsp3) is 0.600. The summed E-state index contributed by atoms with van der Waals surface area (Å²) in [5, 5.41) is 6.65. The zero-order chi connectivity index (χ0) is 18.8. The van der Waals surface area contributed by atoms with E-state index in [1.54, 1.807) is 11.9 Å². The van der Waals surface area contributed by atoms with Gasteiger partial charge in [0, 0.05) is 34.2 Å². The molecule has 0 radical (unpaired) electrons. The standard InChI is InChI=1S/C20H32N4O2/c1-21-19(22-14-9-15-26-17-10-5-4-6-11-17)23-16-20(12-7-8-13-20)18(25)24(2)3/h4-6,10-11H,7-9,12-16H2,1-3H3,(H2,21,22,23). The zero-order valence-corrected chi connectivity index (χ0v) is 16.3. The average Bonchev–Trinajstić information content (AvgIpc) is 3.14. The van der Waals surface area contributed by atoms with Crippen LogP contribution in [0.3, 0.4) is 0 Å². The first-order chi connectivity index (χ1) is 12.6. The number of carbonyl (C=O) groups is 1. The molecular weight excluding hydrogens is 328 g/mol. The number of carbonyl (C=O) groups excluding carboxylic acids is 1. The fourth-order valence-corrected chi connectivity index (χ4v) is 3.45. The second-order valence-electron chi connectivity index (χ2n) is 7.05. The summed E-state index contributed by atoms with van der Waals surface area (Å²) in [5.74, 6) is 1.84. The molecule has 26 heavy (non-hydrogen) atoms. The van der Waals surface area contributed by atoms with E-state index in [1.165, 1.54) is 0 Å². The molecule has 0 spiro atoms. The highest BCUT2D eigenvalue weighted by Crippen LogP contribution is 2.38. The lowest BCUT2D eigenvalue weighted by atomic mass is 9.84. The summed E-state index contributed by atoms with van der Waals surface area (Å²) in [7, 11) is 5.43. The largest absolute Gasteiger partial charge is 0.494 e. The number of ether oxygens (including phenoxy) is 1. The fourth-order valence-electron chi connectivity index (χ4n) is 3.45. The van der Waals surface area contributed by atoms with Gasteiger partial charge in [0.2, 0.25) is 5.91 Å². The summed E-state index contributed by atoms with van der Waals surface area (Å²) >= 11 is 0. The van der Waals surface area contributed by atoms with E-state index in [4.69, 9.17) is 4.74 Å². The van der Waals surface area contributed by atoms with Crippen LogP contribution in [0.1, 0.15) is 32.1 Å². The van der Waals surface area contributed by atoms with Gasteiger partial charge in [0.15, 0.2) is 5.96 Å². The highest BCUT2D eigenvalue weighted by atomic mass is 16.5. The molecule has 0 bridgehead atoms. The predicted octanol–water partition coefficient (Wildman–Crippen LogP) is 2.27. The van der Waals surface area contributed by atoms with Gasteiger partial charge in [-0.2, -0.15) is 0 Å². The van der Waals surface area contributed by atoms with Crippen molar-refractivity contribution in [2.24, 2.45) is 10.4 Å². The lowest BCUT2D eigenvalue weighted by Crippen LogP contribution is -2.49. The van der Waals surface area contributed by atoms with Crippen LogP contribution >= 0.6 is 0 Å². The van der Waals surface area contributed by atoms with Gasteiger partial charge in [0.05, 0.1) is 12.0 Å². The van der Waals surface area contributed by atoms with Crippen molar-refractivity contribution in [3.05, 3.63) is 30.3 Å². The third-order valence-electron chi connectivity index (χ3n) is 4.86. The van der Waals surface area contributed by atoms with Gasteiger partial charge < -0.3 is 20.3 Å². The molecule has 0 atom stereocenters. The first-order valence-electron chi connectivity index (χ1n) is 9.41. The van der Waals surface area contributed by atoms with Gasteiger partial charge in [-0.25, -0.2) is 0 Å². The Hall–Kier alpha value is -2.24. The van der Waals surface area contributed by atoms with E-state index in [0.717, 1.165) is 50.4 Å². The molecule has 1 aliphatic rings. The third kappa shape index (κ3) is 5.64. The van der Waals surface area contributed by atoms with E-state index in [2.05, 4.69) is 15.6 Å². The first-order valence-corrected chi connectivity index (χ1v) is 9.41. The molecule has 6 nitrogen and oxygen atoms in total. The summed E-state index contributed by atoms with van der Waals surface area (Å²) in [6.07, 6.45) is 4.99. The Morgan fingerprint density at radius 3 is 2.50 bits per heavy atom. The van der Waals surface area contributed by atoms with Crippen LogP contribution in [0.25, 0.3) is 0 Å². The number of aliphatic imine (C=N–C) groups is 1. The van der Waals surface area contributed by atoms with Crippen molar-refractivity contribution in [2.75, 3.05) is 40.8 Å². The van der Waals surface area contributed by atoms with Gasteiger partial charge in [0.25, 0.3) is 0 Å². The highest BCUT2D eigenvalue weighted by Gasteiger charge is 2.42. The van der Waals surface area contributed by atoms with Crippen LogP contribution in [-0.4, -0.2) is 57.6 Å². The van der Waals surface area contributed by atoms with Crippen LogP contribution in [0.15, 0.2) is 35.3 Å². The maximum atomic E-state index is 12.6. The summed E-state index contributed by atoms with van der Waals surface area (Å²) in [4.78, 5) is 18.6. The first kappa shape index (κ1) is 20.1. The van der Waals surface area contributed by atoms with Gasteiger partial charge in [-0.3, -0.25) is 9.79 Å². The molecule has 1 fully saturated rings. The van der Waals surface area contributed by atoms with E-state index in [0.29, 0.717) is 13.2 Å². The monoisotopic (exact) mass is 360 g/mol. The molecule has 0 aromatic heterocycles. The molecule has 1 saturated carbocycles. The number of amides is 1. The van der Waals surface area contributed by atoms with Gasteiger partial charge in [-0.15, -0.1) is 0 Å². The van der Waals surface area contributed by atoms with Crippen LogP contribution in [0.5, 0.6) is 5.75 Å². The van der Waals surface area contributed by atoms with Crippen molar-refractivity contribution in [3.8, 4) is 5.75 Å². The number of nitrogens with zero attached hydrogens (tertiary/aromatic N) is 2. The minimum Gasteiger partial charge on any atom is -0.494 e. The maximum Gasteiger partial charge on any atom is 0.230 e. The van der Waals surface area contributed by atoms with Gasteiger partial charge in [-0.1, -0.05) is 31.0 Å². The van der Waals surface area contributed by atoms with E-state index in [9.17, 15) is 4.79 Å². The van der Waals surface area contributed by atoms with Crippen LogP contribution in [0.4, 0.5) is 0 Å². The van der Waals surface area contributed by atoms with Crippen molar-refractivity contribution < 1.29 is 9.53 Å². The van der Waals surface area contributed by atoms with Crippen molar-refractivity contribution in [2.45, 2.75) is 32.1 Å². The molecule has 2 N–H and O–H groups in total. The third-order valence-corrected chi connectivity index (χ3v) is 4.86. The highest BCUT2D eigenvalue weighted by molar-refractivity contribution is 5.85. The molecule has 2 rings (SSSR count). The number of hydrogen-bond donors (Lipinski definition) is 2. The lowest BCUT2D eigenvalue weighted by molar-refractivity contribution is -0.138. The maximum absolute atomic E-state index is 12.6. The molecule has 1 amide bonds. The molecule has 1 aliphatic carbocycles.